The third-order valence-corrected chi connectivity index (χ3v) is 6.63. The average molecular weight is 604 g/mol. The van der Waals surface area contributed by atoms with Gasteiger partial charge in [-0.3, -0.25) is 4.79 Å². The Bertz CT molecular complexity index is 1350. The van der Waals surface area contributed by atoms with E-state index < -0.39 is 30.1 Å². The van der Waals surface area contributed by atoms with Gasteiger partial charge in [-0.2, -0.15) is 0 Å². The lowest BCUT2D eigenvalue weighted by atomic mass is 10.0. The first-order valence-electron chi connectivity index (χ1n) is 14.6. The van der Waals surface area contributed by atoms with Crippen molar-refractivity contribution in [3.63, 3.8) is 0 Å². The number of hydrogen-bond acceptors (Lipinski definition) is 6. The summed E-state index contributed by atoms with van der Waals surface area (Å²) in [4.78, 5) is 51.3. The molecule has 0 aliphatic heterocycles. The smallest absolute Gasteiger partial charge is 0.337 e. The molecule has 0 spiro atoms. The molecule has 10 heteroatoms. The normalized spacial score (nSPS) is 12.2. The van der Waals surface area contributed by atoms with Crippen LogP contribution in [0, 0.1) is 5.92 Å². The van der Waals surface area contributed by atoms with E-state index in [0.717, 1.165) is 22.3 Å². The number of carbonyl (C=O) groups is 4. The summed E-state index contributed by atoms with van der Waals surface area (Å²) < 4.78 is 11.3. The van der Waals surface area contributed by atoms with E-state index in [1.165, 1.54) is 11.8 Å². The van der Waals surface area contributed by atoms with Gasteiger partial charge in [0.25, 0.3) is 0 Å². The zero-order chi connectivity index (χ0) is 31.9. The molecule has 0 aliphatic rings. The minimum absolute atomic E-state index is 0.0140. The average Bonchev–Trinajstić information content (AvgIpc) is 3.01. The molecule has 10 nitrogen and oxygen atoms in total. The first-order chi connectivity index (χ1) is 21.1. The molecule has 0 unspecified atom stereocenters. The molecule has 2 atom stereocenters. The molecule has 3 aromatic rings. The summed E-state index contributed by atoms with van der Waals surface area (Å²) in [5.41, 5.74) is 3.62. The minimum atomic E-state index is -1.20. The Balaban J connectivity index is 1.71. The molecule has 0 radical (unpaired) electrons. The van der Waals surface area contributed by atoms with Crippen LogP contribution in [0.15, 0.2) is 84.9 Å². The summed E-state index contributed by atoms with van der Waals surface area (Å²) in [6.07, 6.45) is -1.07. The van der Waals surface area contributed by atoms with Crippen molar-refractivity contribution in [2.75, 3.05) is 26.2 Å². The van der Waals surface area contributed by atoms with E-state index in [2.05, 4.69) is 10.6 Å². The van der Waals surface area contributed by atoms with Gasteiger partial charge < -0.3 is 30.1 Å². The Kier molecular flexibility index (Phi) is 13.4. The van der Waals surface area contributed by atoms with Crippen molar-refractivity contribution in [1.82, 2.24) is 15.5 Å². The van der Waals surface area contributed by atoms with Gasteiger partial charge in [-0.15, -0.1) is 0 Å². The molecule has 0 heterocycles. The second kappa shape index (κ2) is 17.4. The van der Waals surface area contributed by atoms with E-state index in [1.54, 1.807) is 0 Å². The van der Waals surface area contributed by atoms with Gasteiger partial charge in [0.1, 0.15) is 12.6 Å². The standard InChI is InChI=1S/C34H41N3O7/c1-24(2)21-37(22-31(33(41)43-19-18-35-25(3)38)44-23-27-10-6-4-7-11-27)34(42)36-30(32(39)40)20-26-14-16-29(17-15-26)28-12-8-5-9-13-28/h4-17,24,30-31H,18-23H2,1-3H3,(H,35,38)(H,36,42)(H,39,40)/t30-,31-/m0/s1. The van der Waals surface area contributed by atoms with Gasteiger partial charge in [-0.25, -0.2) is 14.4 Å². The van der Waals surface area contributed by atoms with Crippen LogP contribution in [0.4, 0.5) is 4.79 Å². The van der Waals surface area contributed by atoms with Gasteiger partial charge >= 0.3 is 18.0 Å². The van der Waals surface area contributed by atoms with E-state index in [-0.39, 0.29) is 51.1 Å². The molecular weight excluding hydrogens is 562 g/mol. The summed E-state index contributed by atoms with van der Waals surface area (Å²) in [6.45, 7) is 5.44. The fourth-order valence-corrected chi connectivity index (χ4v) is 4.46. The molecule has 3 N–H and O–H groups in total. The Hall–Kier alpha value is -4.70. The number of amides is 3. The highest BCUT2D eigenvalue weighted by Crippen LogP contribution is 2.20. The van der Waals surface area contributed by atoms with Crippen molar-refractivity contribution in [1.29, 1.82) is 0 Å². The van der Waals surface area contributed by atoms with Crippen LogP contribution < -0.4 is 10.6 Å². The van der Waals surface area contributed by atoms with Gasteiger partial charge in [-0.05, 0) is 28.2 Å². The lowest BCUT2D eigenvalue weighted by Gasteiger charge is -2.29. The molecule has 0 aliphatic carbocycles. The van der Waals surface area contributed by atoms with Crippen LogP contribution in [-0.2, 0) is 36.9 Å². The number of hydrogen-bond donors (Lipinski definition) is 3. The Morgan fingerprint density at radius 1 is 0.818 bits per heavy atom. The predicted octanol–water partition coefficient (Wildman–Crippen LogP) is 4.28. The number of nitrogens with one attached hydrogen (secondary N) is 2. The molecule has 44 heavy (non-hydrogen) atoms. The van der Waals surface area contributed by atoms with Crippen LogP contribution in [0.2, 0.25) is 0 Å². The maximum absolute atomic E-state index is 13.5. The van der Waals surface area contributed by atoms with Crippen LogP contribution in [0.3, 0.4) is 0 Å². The molecule has 0 saturated heterocycles. The van der Waals surface area contributed by atoms with Gasteiger partial charge in [0.05, 0.1) is 19.7 Å². The highest BCUT2D eigenvalue weighted by Gasteiger charge is 2.30. The van der Waals surface area contributed by atoms with Gasteiger partial charge in [0, 0.05) is 19.9 Å². The van der Waals surface area contributed by atoms with Crippen molar-refractivity contribution < 1.29 is 33.8 Å². The summed E-state index contributed by atoms with van der Waals surface area (Å²) in [6, 6.07) is 24.8. The number of ether oxygens (including phenoxy) is 2. The molecule has 0 bridgehead atoms. The van der Waals surface area contributed by atoms with Gasteiger partial charge in [0.2, 0.25) is 5.91 Å². The number of benzene rings is 3. The summed E-state index contributed by atoms with van der Waals surface area (Å²) in [7, 11) is 0. The summed E-state index contributed by atoms with van der Waals surface area (Å²) in [5.74, 6) is -2.11. The fourth-order valence-electron chi connectivity index (χ4n) is 4.46. The van der Waals surface area contributed by atoms with Crippen molar-refractivity contribution in [3.8, 4) is 11.1 Å². The highest BCUT2D eigenvalue weighted by molar-refractivity contribution is 5.83. The summed E-state index contributed by atoms with van der Waals surface area (Å²) in [5, 5.41) is 15.1. The van der Waals surface area contributed by atoms with Crippen molar-refractivity contribution in [3.05, 3.63) is 96.1 Å². The van der Waals surface area contributed by atoms with E-state index >= 15 is 0 Å². The predicted molar refractivity (Wildman–Crippen MR) is 167 cm³/mol. The van der Waals surface area contributed by atoms with Crippen LogP contribution in [0.25, 0.3) is 11.1 Å². The largest absolute Gasteiger partial charge is 0.480 e. The molecule has 234 valence electrons. The van der Waals surface area contributed by atoms with Crippen molar-refractivity contribution >= 4 is 23.9 Å². The van der Waals surface area contributed by atoms with Crippen LogP contribution in [0.1, 0.15) is 31.9 Å². The second-order valence-electron chi connectivity index (χ2n) is 10.8. The number of carbonyl (C=O) groups excluding carboxylic acids is 3. The topological polar surface area (TPSA) is 134 Å². The lowest BCUT2D eigenvalue weighted by Crippen LogP contribution is -2.52. The third kappa shape index (κ3) is 11.5. The Morgan fingerprint density at radius 3 is 2.02 bits per heavy atom. The summed E-state index contributed by atoms with van der Waals surface area (Å²) >= 11 is 0. The molecule has 3 amide bonds. The third-order valence-electron chi connectivity index (χ3n) is 6.63. The number of carboxylic acid groups (broad SMARTS) is 1. The Morgan fingerprint density at radius 2 is 1.43 bits per heavy atom. The Labute approximate surface area is 258 Å². The van der Waals surface area contributed by atoms with E-state index in [0.29, 0.717) is 0 Å². The molecule has 0 saturated carbocycles. The molecule has 0 fully saturated rings. The van der Waals surface area contributed by atoms with Crippen LogP contribution >= 0.6 is 0 Å². The number of urea groups is 1. The first-order valence-corrected chi connectivity index (χ1v) is 14.6. The van der Waals surface area contributed by atoms with Gasteiger partial charge in [0.15, 0.2) is 6.10 Å². The monoisotopic (exact) mass is 603 g/mol. The van der Waals surface area contributed by atoms with Crippen LogP contribution in [0.5, 0.6) is 0 Å². The molecule has 0 aromatic heterocycles. The first kappa shape index (κ1) is 33.8. The fraction of sp³-hybridized carbons (Fsp3) is 0.353. The lowest BCUT2D eigenvalue weighted by molar-refractivity contribution is -0.159. The van der Waals surface area contributed by atoms with Crippen molar-refractivity contribution in [2.45, 2.75) is 45.9 Å². The maximum Gasteiger partial charge on any atom is 0.337 e. The van der Waals surface area contributed by atoms with E-state index in [9.17, 15) is 24.3 Å². The number of rotatable bonds is 16. The number of aliphatic carboxylic acids is 1. The number of nitrogens with zero attached hydrogens (tertiary/aromatic N) is 1. The molecule has 3 rings (SSSR count). The minimum Gasteiger partial charge on any atom is -0.480 e. The quantitative estimate of drug-likeness (QED) is 0.164. The second-order valence-corrected chi connectivity index (χ2v) is 10.8. The number of esters is 1. The highest BCUT2D eigenvalue weighted by atomic mass is 16.6. The van der Waals surface area contributed by atoms with Crippen molar-refractivity contribution in [2.24, 2.45) is 5.92 Å². The van der Waals surface area contributed by atoms with Crippen LogP contribution in [-0.4, -0.2) is 72.3 Å². The van der Waals surface area contributed by atoms with E-state index in [4.69, 9.17) is 9.47 Å². The molecule has 3 aromatic carbocycles. The zero-order valence-corrected chi connectivity index (χ0v) is 25.4. The molecular formula is C34H41N3O7. The van der Waals surface area contributed by atoms with E-state index in [1.807, 2.05) is 98.8 Å². The SMILES string of the molecule is CC(=O)NCCOC(=O)[C@H](CN(CC(C)C)C(=O)N[C@@H](Cc1ccc(-c2ccccc2)cc1)C(=O)O)OCc1ccccc1. The van der Waals surface area contributed by atoms with Gasteiger partial charge in [-0.1, -0.05) is 98.8 Å². The maximum atomic E-state index is 13.5. The zero-order valence-electron chi connectivity index (χ0n) is 25.4. The number of carboxylic acids is 1.